The van der Waals surface area contributed by atoms with Crippen molar-refractivity contribution in [3.8, 4) is 5.75 Å². The fraction of sp³-hybridized carbons (Fsp3) is 0.222. The number of amides is 1. The number of hydrogen-bond acceptors (Lipinski definition) is 3. The summed E-state index contributed by atoms with van der Waals surface area (Å²) in [6.07, 6.45) is 0. The SMILES string of the molecule is CC(=O)Nc1ccc([As](=O)(O)O)c(O)c1C. The molecule has 0 aliphatic rings. The van der Waals surface area contributed by atoms with Gasteiger partial charge in [0.15, 0.2) is 0 Å². The maximum absolute atomic E-state index is 11.0. The minimum absolute atomic E-state index is 0.234. The number of anilines is 1. The number of rotatable bonds is 2. The molecule has 1 aromatic rings. The molecule has 0 aliphatic heterocycles. The molecule has 6 nitrogen and oxygen atoms in total. The second-order valence-electron chi connectivity index (χ2n) is 3.33. The molecule has 0 atom stereocenters. The van der Waals surface area contributed by atoms with Gasteiger partial charge in [-0.2, -0.15) is 0 Å². The first kappa shape index (κ1) is 12.8. The molecule has 1 rings (SSSR count). The normalized spacial score (nSPS) is 11.2. The van der Waals surface area contributed by atoms with E-state index in [1.165, 1.54) is 19.9 Å². The Balaban J connectivity index is 3.29. The molecule has 1 aromatic carbocycles. The summed E-state index contributed by atoms with van der Waals surface area (Å²) in [4.78, 5) is 10.8. The summed E-state index contributed by atoms with van der Waals surface area (Å²) >= 11 is -5.12. The summed E-state index contributed by atoms with van der Waals surface area (Å²) in [5, 5.41) is 12.0. The van der Waals surface area contributed by atoms with Crippen molar-refractivity contribution in [1.82, 2.24) is 0 Å². The van der Waals surface area contributed by atoms with E-state index in [9.17, 15) is 13.6 Å². The maximum atomic E-state index is 11.0. The molecular formula is C9H12AsNO5. The van der Waals surface area contributed by atoms with Crippen LogP contribution in [0.1, 0.15) is 12.5 Å². The van der Waals surface area contributed by atoms with Gasteiger partial charge in [0.1, 0.15) is 0 Å². The van der Waals surface area contributed by atoms with E-state index in [1.54, 1.807) is 0 Å². The van der Waals surface area contributed by atoms with Crippen LogP contribution in [0.5, 0.6) is 5.75 Å². The predicted octanol–water partition coefficient (Wildman–Crippen LogP) is -0.780. The Labute approximate surface area is 94.9 Å². The summed E-state index contributed by atoms with van der Waals surface area (Å²) in [6.45, 7) is 2.77. The first-order valence-electron chi connectivity index (χ1n) is 4.39. The molecule has 0 saturated carbocycles. The van der Waals surface area contributed by atoms with Gasteiger partial charge in [0.2, 0.25) is 0 Å². The molecule has 0 radical (unpaired) electrons. The molecule has 4 N–H and O–H groups in total. The van der Waals surface area contributed by atoms with Gasteiger partial charge in [-0.05, 0) is 0 Å². The summed E-state index contributed by atoms with van der Waals surface area (Å²) in [7, 11) is 0. The third-order valence-corrected chi connectivity index (χ3v) is 4.11. The topological polar surface area (TPSA) is 107 Å². The van der Waals surface area contributed by atoms with E-state index in [2.05, 4.69) is 5.32 Å². The van der Waals surface area contributed by atoms with Gasteiger partial charge >= 0.3 is 94.6 Å². The van der Waals surface area contributed by atoms with Crippen molar-refractivity contribution in [3.05, 3.63) is 17.7 Å². The van der Waals surface area contributed by atoms with Crippen LogP contribution in [0.3, 0.4) is 0 Å². The van der Waals surface area contributed by atoms with Crippen LogP contribution < -0.4 is 9.67 Å². The van der Waals surface area contributed by atoms with Crippen LogP contribution in [0, 0.1) is 6.92 Å². The number of hydrogen-bond donors (Lipinski definition) is 4. The van der Waals surface area contributed by atoms with Gasteiger partial charge in [-0.25, -0.2) is 0 Å². The van der Waals surface area contributed by atoms with E-state index < -0.39 is 19.9 Å². The summed E-state index contributed by atoms with van der Waals surface area (Å²) in [5.74, 6) is -0.796. The molecule has 0 bridgehead atoms. The van der Waals surface area contributed by atoms with Gasteiger partial charge in [-0.15, -0.1) is 0 Å². The molecule has 0 aromatic heterocycles. The van der Waals surface area contributed by atoms with Crippen molar-refractivity contribution in [1.29, 1.82) is 0 Å². The molecule has 7 heteroatoms. The molecule has 0 unspecified atom stereocenters. The number of aromatic hydroxyl groups is 1. The van der Waals surface area contributed by atoms with Crippen molar-refractivity contribution in [3.63, 3.8) is 0 Å². The van der Waals surface area contributed by atoms with Gasteiger partial charge in [0.25, 0.3) is 0 Å². The third kappa shape index (κ3) is 2.66. The van der Waals surface area contributed by atoms with Gasteiger partial charge < -0.3 is 0 Å². The fourth-order valence-corrected chi connectivity index (χ4v) is 2.74. The number of nitrogens with one attached hydrogen (secondary N) is 1. The number of benzene rings is 1. The average molecular weight is 289 g/mol. The van der Waals surface area contributed by atoms with Crippen LogP contribution in [0.15, 0.2) is 12.1 Å². The zero-order valence-corrected chi connectivity index (χ0v) is 10.6. The number of phenolic OH excluding ortho intramolecular Hbond substituents is 1. The quantitative estimate of drug-likeness (QED) is 0.534. The van der Waals surface area contributed by atoms with Crippen LogP contribution in [-0.4, -0.2) is 33.4 Å². The van der Waals surface area contributed by atoms with E-state index in [0.29, 0.717) is 5.69 Å². The second-order valence-corrected chi connectivity index (χ2v) is 6.62. The minimum atomic E-state index is -5.12. The van der Waals surface area contributed by atoms with Crippen LogP contribution in [0.2, 0.25) is 0 Å². The van der Waals surface area contributed by atoms with Crippen molar-refractivity contribution in [2.45, 2.75) is 13.8 Å². The Hall–Kier alpha value is -1.23. The molecule has 0 fully saturated rings. The van der Waals surface area contributed by atoms with Crippen LogP contribution in [-0.2, 0) is 8.53 Å². The van der Waals surface area contributed by atoms with Crippen LogP contribution >= 0.6 is 0 Å². The Morgan fingerprint density at radius 1 is 1.38 bits per heavy atom. The van der Waals surface area contributed by atoms with E-state index in [0.717, 1.165) is 6.07 Å². The predicted molar refractivity (Wildman–Crippen MR) is 57.7 cm³/mol. The van der Waals surface area contributed by atoms with Crippen molar-refractivity contribution in [2.24, 2.45) is 0 Å². The Bertz CT molecular complexity index is 479. The average Bonchev–Trinajstić information content (AvgIpc) is 2.10. The molecule has 0 spiro atoms. The zero-order valence-electron chi connectivity index (χ0n) is 8.76. The van der Waals surface area contributed by atoms with Crippen molar-refractivity contribution >= 4 is 30.1 Å². The van der Waals surface area contributed by atoms with E-state index in [1.807, 2.05) is 0 Å². The summed E-state index contributed by atoms with van der Waals surface area (Å²) in [6, 6.07) is 2.47. The van der Waals surface area contributed by atoms with Crippen molar-refractivity contribution < 1.29 is 21.8 Å². The Morgan fingerprint density at radius 2 is 1.94 bits per heavy atom. The van der Waals surface area contributed by atoms with Gasteiger partial charge in [0, 0.05) is 0 Å². The molecule has 0 saturated heterocycles. The molecule has 0 aliphatic carbocycles. The van der Waals surface area contributed by atoms with E-state index in [-0.39, 0.29) is 15.8 Å². The monoisotopic (exact) mass is 289 g/mol. The van der Waals surface area contributed by atoms with Crippen LogP contribution in [0.25, 0.3) is 0 Å². The van der Waals surface area contributed by atoms with Gasteiger partial charge in [-0.3, -0.25) is 0 Å². The first-order valence-corrected chi connectivity index (χ1v) is 7.78. The second kappa shape index (κ2) is 4.33. The van der Waals surface area contributed by atoms with Crippen LogP contribution in [0.4, 0.5) is 5.69 Å². The molecule has 1 amide bonds. The summed E-state index contributed by atoms with van der Waals surface area (Å²) < 4.78 is 28.6. The number of carbonyl (C=O) groups is 1. The van der Waals surface area contributed by atoms with E-state index >= 15 is 0 Å². The first-order chi connectivity index (χ1) is 7.23. The Morgan fingerprint density at radius 3 is 2.38 bits per heavy atom. The van der Waals surface area contributed by atoms with Gasteiger partial charge in [-0.1, -0.05) is 0 Å². The third-order valence-electron chi connectivity index (χ3n) is 2.03. The molecule has 16 heavy (non-hydrogen) atoms. The number of carbonyl (C=O) groups excluding carboxylic acids is 1. The van der Waals surface area contributed by atoms with Crippen molar-refractivity contribution in [2.75, 3.05) is 5.32 Å². The standard InChI is InChI=1S/C9H12AsNO5/c1-5-8(11-6(2)12)4-3-7(9(5)13)10(14,15)16/h3-4,13H,1-2H3,(H,11,12)(H2,14,15,16). The Kier molecular flexibility index (Phi) is 3.47. The van der Waals surface area contributed by atoms with Gasteiger partial charge in [0.05, 0.1) is 0 Å². The molecular weight excluding hydrogens is 277 g/mol. The fourth-order valence-electron chi connectivity index (χ4n) is 1.25. The molecule has 0 heterocycles. The molecule has 88 valence electrons. The summed E-state index contributed by atoms with van der Waals surface area (Å²) in [5.41, 5.74) is 0.565. The zero-order chi connectivity index (χ0) is 12.5. The number of phenols is 1. The van der Waals surface area contributed by atoms with E-state index in [4.69, 9.17) is 8.19 Å².